The first-order chi connectivity index (χ1) is 13.4. The number of aryl methyl sites for hydroxylation is 1. The first kappa shape index (κ1) is 19.5. The molecule has 146 valence electrons. The molecule has 1 unspecified atom stereocenters. The predicted molar refractivity (Wildman–Crippen MR) is 108 cm³/mol. The number of para-hydroxylation sites is 1. The Kier molecular flexibility index (Phi) is 5.73. The summed E-state index contributed by atoms with van der Waals surface area (Å²) >= 11 is 0. The van der Waals surface area contributed by atoms with Gasteiger partial charge in [-0.3, -0.25) is 14.4 Å². The van der Waals surface area contributed by atoms with Crippen LogP contribution in [0, 0.1) is 6.92 Å². The SMILES string of the molecule is CCC(C(=O)NCCc1cc(=O)[nH]c(C)n1)n1cc(C(C)=O)c2ccccc21. The van der Waals surface area contributed by atoms with Crippen molar-refractivity contribution in [2.24, 2.45) is 0 Å². The van der Waals surface area contributed by atoms with E-state index in [0.717, 1.165) is 10.9 Å². The van der Waals surface area contributed by atoms with Crippen molar-refractivity contribution in [1.82, 2.24) is 19.9 Å². The number of hydrogen-bond donors (Lipinski definition) is 2. The molecule has 0 fully saturated rings. The molecule has 3 aromatic rings. The summed E-state index contributed by atoms with van der Waals surface area (Å²) in [6.45, 7) is 5.57. The lowest BCUT2D eigenvalue weighted by atomic mass is 10.1. The smallest absolute Gasteiger partial charge is 0.251 e. The summed E-state index contributed by atoms with van der Waals surface area (Å²) in [6.07, 6.45) is 2.82. The fourth-order valence-electron chi connectivity index (χ4n) is 3.45. The number of benzene rings is 1. The normalized spacial score (nSPS) is 12.1. The highest BCUT2D eigenvalue weighted by atomic mass is 16.2. The molecule has 0 bridgehead atoms. The van der Waals surface area contributed by atoms with Crippen LogP contribution in [0.3, 0.4) is 0 Å². The van der Waals surface area contributed by atoms with Gasteiger partial charge in [0, 0.05) is 47.4 Å². The van der Waals surface area contributed by atoms with Gasteiger partial charge in [-0.2, -0.15) is 0 Å². The highest BCUT2D eigenvalue weighted by Gasteiger charge is 2.22. The number of hydrogen-bond acceptors (Lipinski definition) is 4. The van der Waals surface area contributed by atoms with Gasteiger partial charge in [-0.05, 0) is 26.3 Å². The zero-order valence-corrected chi connectivity index (χ0v) is 16.3. The van der Waals surface area contributed by atoms with Gasteiger partial charge in [-0.25, -0.2) is 4.98 Å². The first-order valence-corrected chi connectivity index (χ1v) is 9.35. The number of H-pyrrole nitrogens is 1. The fourth-order valence-corrected chi connectivity index (χ4v) is 3.45. The van der Waals surface area contributed by atoms with E-state index in [1.54, 1.807) is 13.1 Å². The Morgan fingerprint density at radius 3 is 2.71 bits per heavy atom. The molecule has 2 heterocycles. The van der Waals surface area contributed by atoms with Gasteiger partial charge in [-0.15, -0.1) is 0 Å². The van der Waals surface area contributed by atoms with Gasteiger partial charge in [0.1, 0.15) is 11.9 Å². The maximum Gasteiger partial charge on any atom is 0.251 e. The lowest BCUT2D eigenvalue weighted by Crippen LogP contribution is -2.33. The Balaban J connectivity index is 1.78. The number of carbonyl (C=O) groups is 2. The third-order valence-electron chi connectivity index (χ3n) is 4.74. The Labute approximate surface area is 162 Å². The minimum atomic E-state index is -0.424. The van der Waals surface area contributed by atoms with E-state index in [0.29, 0.717) is 36.5 Å². The lowest BCUT2D eigenvalue weighted by Gasteiger charge is -2.18. The molecule has 7 nitrogen and oxygen atoms in total. The quantitative estimate of drug-likeness (QED) is 0.616. The number of nitrogens with one attached hydrogen (secondary N) is 2. The molecular formula is C21H24N4O3. The molecule has 0 radical (unpaired) electrons. The molecule has 1 amide bonds. The first-order valence-electron chi connectivity index (χ1n) is 9.35. The van der Waals surface area contributed by atoms with Crippen LogP contribution in [-0.2, 0) is 11.2 Å². The van der Waals surface area contributed by atoms with Gasteiger partial charge >= 0.3 is 0 Å². The van der Waals surface area contributed by atoms with Crippen LogP contribution in [0.1, 0.15) is 48.2 Å². The average molecular weight is 380 g/mol. The van der Waals surface area contributed by atoms with Crippen LogP contribution in [-0.4, -0.2) is 32.8 Å². The second-order valence-electron chi connectivity index (χ2n) is 6.81. The summed E-state index contributed by atoms with van der Waals surface area (Å²) in [7, 11) is 0. The van der Waals surface area contributed by atoms with Gasteiger partial charge in [0.05, 0.1) is 0 Å². The molecule has 2 aromatic heterocycles. The van der Waals surface area contributed by atoms with E-state index in [1.165, 1.54) is 13.0 Å². The Morgan fingerprint density at radius 2 is 2.04 bits per heavy atom. The molecule has 0 saturated carbocycles. The van der Waals surface area contributed by atoms with Crippen molar-refractivity contribution in [2.75, 3.05) is 6.54 Å². The standard InChI is InChI=1S/C21H24N4O3/c1-4-18(21(28)22-10-9-15-11-20(27)24-14(3)23-15)25-12-17(13(2)26)16-7-5-6-8-19(16)25/h5-8,11-12,18H,4,9-10H2,1-3H3,(H,22,28)(H,23,24,27). The molecule has 28 heavy (non-hydrogen) atoms. The van der Waals surface area contributed by atoms with Crippen LogP contribution in [0.2, 0.25) is 0 Å². The van der Waals surface area contributed by atoms with E-state index in [4.69, 9.17) is 0 Å². The van der Waals surface area contributed by atoms with Crippen LogP contribution in [0.4, 0.5) is 0 Å². The van der Waals surface area contributed by atoms with E-state index in [-0.39, 0.29) is 17.2 Å². The second-order valence-corrected chi connectivity index (χ2v) is 6.81. The van der Waals surface area contributed by atoms with Crippen LogP contribution in [0.25, 0.3) is 10.9 Å². The van der Waals surface area contributed by atoms with E-state index in [9.17, 15) is 14.4 Å². The van der Waals surface area contributed by atoms with Crippen molar-refractivity contribution < 1.29 is 9.59 Å². The lowest BCUT2D eigenvalue weighted by molar-refractivity contribution is -0.124. The number of amides is 1. The zero-order valence-electron chi connectivity index (χ0n) is 16.3. The van der Waals surface area contributed by atoms with Gasteiger partial charge in [0.15, 0.2) is 5.78 Å². The maximum atomic E-state index is 12.8. The highest BCUT2D eigenvalue weighted by molar-refractivity contribution is 6.07. The van der Waals surface area contributed by atoms with Gasteiger partial charge < -0.3 is 14.9 Å². The maximum absolute atomic E-state index is 12.8. The minimum absolute atomic E-state index is 0.0269. The molecule has 0 aliphatic carbocycles. The van der Waals surface area contributed by atoms with Crippen molar-refractivity contribution >= 4 is 22.6 Å². The van der Waals surface area contributed by atoms with Crippen LogP contribution in [0.5, 0.6) is 0 Å². The largest absolute Gasteiger partial charge is 0.354 e. The number of rotatable bonds is 7. The van der Waals surface area contributed by atoms with Crippen molar-refractivity contribution in [3.8, 4) is 0 Å². The van der Waals surface area contributed by atoms with Crippen molar-refractivity contribution in [3.05, 3.63) is 64.0 Å². The average Bonchev–Trinajstić information content (AvgIpc) is 3.01. The molecular weight excluding hydrogens is 356 g/mol. The number of fused-ring (bicyclic) bond motifs is 1. The number of nitrogens with zero attached hydrogens (tertiary/aromatic N) is 2. The molecule has 1 aromatic carbocycles. The van der Waals surface area contributed by atoms with Crippen LogP contribution >= 0.6 is 0 Å². The van der Waals surface area contributed by atoms with Crippen LogP contribution < -0.4 is 10.9 Å². The van der Waals surface area contributed by atoms with Gasteiger partial charge in [-0.1, -0.05) is 25.1 Å². The van der Waals surface area contributed by atoms with E-state index in [1.807, 2.05) is 35.8 Å². The molecule has 3 rings (SSSR count). The van der Waals surface area contributed by atoms with Crippen molar-refractivity contribution in [1.29, 1.82) is 0 Å². The van der Waals surface area contributed by atoms with Gasteiger partial charge in [0.25, 0.3) is 5.56 Å². The molecule has 7 heteroatoms. The topological polar surface area (TPSA) is 96.8 Å². The Morgan fingerprint density at radius 1 is 1.29 bits per heavy atom. The summed E-state index contributed by atoms with van der Waals surface area (Å²) < 4.78 is 1.87. The molecule has 0 saturated heterocycles. The van der Waals surface area contributed by atoms with Crippen LogP contribution in [0.15, 0.2) is 41.3 Å². The summed E-state index contributed by atoms with van der Waals surface area (Å²) in [5.41, 5.74) is 1.92. The molecule has 0 spiro atoms. The van der Waals surface area contributed by atoms with E-state index < -0.39 is 6.04 Å². The zero-order chi connectivity index (χ0) is 20.3. The number of aromatic amines is 1. The predicted octanol–water partition coefficient (Wildman–Crippen LogP) is 2.55. The Bertz CT molecular complexity index is 1080. The van der Waals surface area contributed by atoms with Crippen molar-refractivity contribution in [2.45, 2.75) is 39.7 Å². The molecule has 2 N–H and O–H groups in total. The summed E-state index contributed by atoms with van der Waals surface area (Å²) in [4.78, 5) is 43.2. The number of aromatic nitrogens is 3. The van der Waals surface area contributed by atoms with E-state index in [2.05, 4.69) is 15.3 Å². The number of ketones is 1. The summed E-state index contributed by atoms with van der Waals surface area (Å²) in [5.74, 6) is 0.400. The second kappa shape index (κ2) is 8.21. The molecule has 1 atom stereocenters. The number of Topliss-reactive ketones (excluding diaryl/α,β-unsaturated/α-hetero) is 1. The van der Waals surface area contributed by atoms with Gasteiger partial charge in [0.2, 0.25) is 5.91 Å². The Hall–Kier alpha value is -3.22. The fraction of sp³-hybridized carbons (Fsp3) is 0.333. The molecule has 0 aliphatic rings. The van der Waals surface area contributed by atoms with E-state index >= 15 is 0 Å². The third kappa shape index (κ3) is 4.03. The summed E-state index contributed by atoms with van der Waals surface area (Å²) in [5, 5.41) is 3.78. The minimum Gasteiger partial charge on any atom is -0.354 e. The number of carbonyl (C=O) groups excluding carboxylic acids is 2. The molecule has 0 aliphatic heterocycles. The highest BCUT2D eigenvalue weighted by Crippen LogP contribution is 2.26. The third-order valence-corrected chi connectivity index (χ3v) is 4.74. The monoisotopic (exact) mass is 380 g/mol. The van der Waals surface area contributed by atoms with Crippen molar-refractivity contribution in [3.63, 3.8) is 0 Å². The summed E-state index contributed by atoms with van der Waals surface area (Å²) in [6, 6.07) is 8.61.